The van der Waals surface area contributed by atoms with Crippen LogP contribution in [0.25, 0.3) is 0 Å². The summed E-state index contributed by atoms with van der Waals surface area (Å²) in [5.74, 6) is -0.683. The molecule has 0 N–H and O–H groups in total. The standard InChI is InChI=1S/C10H8F3NO3/c11-10(12,13)6-5-9(15)7-1-3-8(4-2-7)14(16)17/h1-4H,5-6H2. The van der Waals surface area contributed by atoms with E-state index in [-0.39, 0.29) is 11.3 Å². The number of nitro groups is 1. The minimum absolute atomic E-state index is 0.0415. The highest BCUT2D eigenvalue weighted by atomic mass is 19.4. The van der Waals surface area contributed by atoms with Gasteiger partial charge in [-0.25, -0.2) is 0 Å². The van der Waals surface area contributed by atoms with Crippen molar-refractivity contribution in [3.8, 4) is 0 Å². The number of halogens is 3. The number of hydrogen-bond acceptors (Lipinski definition) is 3. The molecule has 1 aromatic rings. The molecule has 0 aliphatic carbocycles. The molecule has 4 nitrogen and oxygen atoms in total. The monoisotopic (exact) mass is 247 g/mol. The van der Waals surface area contributed by atoms with Crippen LogP contribution < -0.4 is 0 Å². The smallest absolute Gasteiger partial charge is 0.294 e. The Bertz CT molecular complexity index is 425. The van der Waals surface area contributed by atoms with Crippen LogP contribution in [0, 0.1) is 10.1 Å². The van der Waals surface area contributed by atoms with Gasteiger partial charge in [-0.05, 0) is 12.1 Å². The number of rotatable bonds is 4. The molecule has 0 radical (unpaired) electrons. The van der Waals surface area contributed by atoms with Gasteiger partial charge in [0.05, 0.1) is 11.3 Å². The number of non-ortho nitro benzene ring substituents is 1. The first kappa shape index (κ1) is 13.1. The predicted molar refractivity (Wildman–Crippen MR) is 52.7 cm³/mol. The number of nitro benzene ring substituents is 1. The van der Waals surface area contributed by atoms with Crippen LogP contribution in [0.1, 0.15) is 23.2 Å². The van der Waals surface area contributed by atoms with Gasteiger partial charge in [0.15, 0.2) is 5.78 Å². The second-order valence-electron chi connectivity index (χ2n) is 3.34. The number of nitrogens with zero attached hydrogens (tertiary/aromatic N) is 1. The summed E-state index contributed by atoms with van der Waals surface area (Å²) in [6.45, 7) is 0. The van der Waals surface area contributed by atoms with E-state index in [0.29, 0.717) is 0 Å². The Morgan fingerprint density at radius 2 is 1.76 bits per heavy atom. The third-order valence-electron chi connectivity index (χ3n) is 2.04. The lowest BCUT2D eigenvalue weighted by Gasteiger charge is -2.05. The van der Waals surface area contributed by atoms with Crippen LogP contribution in [-0.2, 0) is 0 Å². The minimum Gasteiger partial charge on any atom is -0.294 e. The summed E-state index contributed by atoms with van der Waals surface area (Å²) in [6, 6.07) is 4.47. The second kappa shape index (κ2) is 4.94. The molecule has 0 aliphatic heterocycles. The second-order valence-corrected chi connectivity index (χ2v) is 3.34. The number of Topliss-reactive ketones (excluding diaryl/α,β-unsaturated/α-hetero) is 1. The van der Waals surface area contributed by atoms with Crippen molar-refractivity contribution in [1.82, 2.24) is 0 Å². The molecular weight excluding hydrogens is 239 g/mol. The highest BCUT2D eigenvalue weighted by Gasteiger charge is 2.28. The fraction of sp³-hybridized carbons (Fsp3) is 0.300. The summed E-state index contributed by atoms with van der Waals surface area (Å²) in [5, 5.41) is 10.3. The number of carbonyl (C=O) groups excluding carboxylic acids is 1. The molecule has 0 unspecified atom stereocenters. The lowest BCUT2D eigenvalue weighted by Crippen LogP contribution is -2.10. The molecule has 0 aromatic heterocycles. The molecule has 17 heavy (non-hydrogen) atoms. The molecule has 0 bridgehead atoms. The van der Waals surface area contributed by atoms with Crippen LogP contribution in [0.15, 0.2) is 24.3 Å². The molecule has 0 heterocycles. The van der Waals surface area contributed by atoms with Gasteiger partial charge in [-0.3, -0.25) is 14.9 Å². The molecule has 7 heteroatoms. The van der Waals surface area contributed by atoms with Crippen LogP contribution in [-0.4, -0.2) is 16.9 Å². The highest BCUT2D eigenvalue weighted by Crippen LogP contribution is 2.23. The molecule has 0 saturated heterocycles. The number of alkyl halides is 3. The molecule has 0 saturated carbocycles. The van der Waals surface area contributed by atoms with E-state index in [0.717, 1.165) is 24.3 Å². The van der Waals surface area contributed by atoms with E-state index in [1.165, 1.54) is 0 Å². The fourth-order valence-corrected chi connectivity index (χ4v) is 1.17. The Labute approximate surface area is 94.2 Å². The van der Waals surface area contributed by atoms with Gasteiger partial charge in [-0.2, -0.15) is 13.2 Å². The van der Waals surface area contributed by atoms with E-state index in [2.05, 4.69) is 0 Å². The zero-order valence-corrected chi connectivity index (χ0v) is 8.53. The lowest BCUT2D eigenvalue weighted by atomic mass is 10.1. The van der Waals surface area contributed by atoms with Crippen molar-refractivity contribution < 1.29 is 22.9 Å². The predicted octanol–water partition coefficient (Wildman–Crippen LogP) is 3.12. The van der Waals surface area contributed by atoms with Crippen LogP contribution in [0.3, 0.4) is 0 Å². The first-order chi connectivity index (χ1) is 7.79. The fourth-order valence-electron chi connectivity index (χ4n) is 1.17. The van der Waals surface area contributed by atoms with E-state index in [1.54, 1.807) is 0 Å². The van der Waals surface area contributed by atoms with E-state index in [1.807, 2.05) is 0 Å². The quantitative estimate of drug-likeness (QED) is 0.466. The molecule has 1 rings (SSSR count). The molecule has 0 atom stereocenters. The van der Waals surface area contributed by atoms with Crippen molar-refractivity contribution in [3.63, 3.8) is 0 Å². The summed E-state index contributed by atoms with van der Waals surface area (Å²) in [5.41, 5.74) is -0.169. The Kier molecular flexibility index (Phi) is 3.82. The molecule has 92 valence electrons. The van der Waals surface area contributed by atoms with Crippen molar-refractivity contribution in [2.45, 2.75) is 19.0 Å². The van der Waals surface area contributed by atoms with Crippen molar-refractivity contribution in [2.75, 3.05) is 0 Å². The molecule has 0 fully saturated rings. The number of carbonyl (C=O) groups is 1. The van der Waals surface area contributed by atoms with E-state index >= 15 is 0 Å². The normalized spacial score (nSPS) is 11.2. The van der Waals surface area contributed by atoms with Gasteiger partial charge < -0.3 is 0 Å². The summed E-state index contributed by atoms with van der Waals surface area (Å²) < 4.78 is 35.6. The summed E-state index contributed by atoms with van der Waals surface area (Å²) in [6.07, 6.45) is -6.22. The Morgan fingerprint density at radius 1 is 1.24 bits per heavy atom. The maximum absolute atomic E-state index is 11.9. The van der Waals surface area contributed by atoms with Crippen LogP contribution in [0.5, 0.6) is 0 Å². The van der Waals surface area contributed by atoms with Crippen molar-refractivity contribution in [2.24, 2.45) is 0 Å². The zero-order valence-electron chi connectivity index (χ0n) is 8.53. The number of benzene rings is 1. The van der Waals surface area contributed by atoms with E-state index < -0.39 is 29.7 Å². The average molecular weight is 247 g/mol. The molecule has 0 aliphatic rings. The average Bonchev–Trinajstić information content (AvgIpc) is 2.25. The van der Waals surface area contributed by atoms with Crippen LogP contribution in [0.2, 0.25) is 0 Å². The number of hydrogen-bond donors (Lipinski definition) is 0. The Morgan fingerprint density at radius 3 is 2.18 bits per heavy atom. The van der Waals surface area contributed by atoms with Gasteiger partial charge in [-0.15, -0.1) is 0 Å². The summed E-state index contributed by atoms with van der Waals surface area (Å²) in [4.78, 5) is 21.0. The molecule has 1 aromatic carbocycles. The maximum atomic E-state index is 11.9. The largest absolute Gasteiger partial charge is 0.389 e. The minimum atomic E-state index is -4.38. The highest BCUT2D eigenvalue weighted by molar-refractivity contribution is 5.96. The van der Waals surface area contributed by atoms with E-state index in [4.69, 9.17) is 0 Å². The topological polar surface area (TPSA) is 60.2 Å². The third-order valence-corrected chi connectivity index (χ3v) is 2.04. The summed E-state index contributed by atoms with van der Waals surface area (Å²) >= 11 is 0. The lowest BCUT2D eigenvalue weighted by molar-refractivity contribution is -0.384. The van der Waals surface area contributed by atoms with Crippen molar-refractivity contribution in [3.05, 3.63) is 39.9 Å². The van der Waals surface area contributed by atoms with Gasteiger partial charge in [0.25, 0.3) is 5.69 Å². The van der Waals surface area contributed by atoms with Gasteiger partial charge in [-0.1, -0.05) is 0 Å². The van der Waals surface area contributed by atoms with Crippen molar-refractivity contribution >= 4 is 11.5 Å². The zero-order chi connectivity index (χ0) is 13.1. The third kappa shape index (κ3) is 4.21. The van der Waals surface area contributed by atoms with Crippen LogP contribution in [0.4, 0.5) is 18.9 Å². The van der Waals surface area contributed by atoms with Crippen LogP contribution >= 0.6 is 0 Å². The first-order valence-corrected chi connectivity index (χ1v) is 4.64. The molecule has 0 amide bonds. The Balaban J connectivity index is 2.67. The SMILES string of the molecule is O=C(CCC(F)(F)F)c1ccc([N+](=O)[O-])cc1. The van der Waals surface area contributed by atoms with Crippen molar-refractivity contribution in [1.29, 1.82) is 0 Å². The molecular formula is C10H8F3NO3. The van der Waals surface area contributed by atoms with Gasteiger partial charge in [0, 0.05) is 24.1 Å². The van der Waals surface area contributed by atoms with Gasteiger partial charge in [0.2, 0.25) is 0 Å². The Hall–Kier alpha value is -1.92. The van der Waals surface area contributed by atoms with Gasteiger partial charge >= 0.3 is 6.18 Å². The first-order valence-electron chi connectivity index (χ1n) is 4.64. The van der Waals surface area contributed by atoms with Gasteiger partial charge in [0.1, 0.15) is 0 Å². The molecule has 0 spiro atoms. The number of ketones is 1. The summed E-state index contributed by atoms with van der Waals surface area (Å²) in [7, 11) is 0. The van der Waals surface area contributed by atoms with E-state index in [9.17, 15) is 28.1 Å². The maximum Gasteiger partial charge on any atom is 0.389 e.